The van der Waals surface area contributed by atoms with Crippen molar-refractivity contribution in [3.63, 3.8) is 0 Å². The van der Waals surface area contributed by atoms with E-state index in [9.17, 15) is 14.0 Å². The van der Waals surface area contributed by atoms with Gasteiger partial charge in [0.1, 0.15) is 17.6 Å². The molecule has 0 spiro atoms. The van der Waals surface area contributed by atoms with Gasteiger partial charge in [-0.1, -0.05) is 36.4 Å². The molecule has 1 unspecified atom stereocenters. The number of hydrogen-bond donors (Lipinski definition) is 1. The average molecular weight is 372 g/mol. The fourth-order valence-electron chi connectivity index (χ4n) is 2.68. The largest absolute Gasteiger partial charge is 0.494 e. The van der Waals surface area contributed by atoms with Crippen LogP contribution in [0.3, 0.4) is 0 Å². The zero-order valence-corrected chi connectivity index (χ0v) is 15.7. The van der Waals surface area contributed by atoms with E-state index >= 15 is 0 Å². The van der Waals surface area contributed by atoms with Gasteiger partial charge in [-0.3, -0.25) is 9.59 Å². The highest BCUT2D eigenvalue weighted by Crippen LogP contribution is 2.15. The van der Waals surface area contributed by atoms with Crippen LogP contribution in [0.25, 0.3) is 0 Å². The van der Waals surface area contributed by atoms with Crippen molar-refractivity contribution >= 4 is 11.8 Å². The summed E-state index contributed by atoms with van der Waals surface area (Å²) in [5.41, 5.74) is 0.377. The number of rotatable bonds is 9. The number of benzene rings is 2. The second-order valence-electron chi connectivity index (χ2n) is 6.17. The van der Waals surface area contributed by atoms with E-state index in [0.29, 0.717) is 18.6 Å². The number of likely N-dealkylation sites (N-methyl/N-ethyl adjacent to an activating group) is 1. The first-order valence-electron chi connectivity index (χ1n) is 8.95. The molecule has 0 saturated carbocycles. The quantitative estimate of drug-likeness (QED) is 0.688. The minimum atomic E-state index is -0.697. The maximum Gasteiger partial charge on any atom is 0.242 e. The molecule has 1 atom stereocenters. The van der Waals surface area contributed by atoms with Gasteiger partial charge in [0.05, 0.1) is 6.61 Å². The molecule has 0 aromatic heterocycles. The molecule has 0 fully saturated rings. The van der Waals surface area contributed by atoms with Gasteiger partial charge in [-0.15, -0.1) is 0 Å². The molecule has 0 bridgehead atoms. The van der Waals surface area contributed by atoms with Gasteiger partial charge in [0, 0.05) is 25.6 Å². The van der Waals surface area contributed by atoms with E-state index in [4.69, 9.17) is 4.74 Å². The van der Waals surface area contributed by atoms with Crippen LogP contribution >= 0.6 is 0 Å². The summed E-state index contributed by atoms with van der Waals surface area (Å²) in [6.07, 6.45) is 0.713. The van der Waals surface area contributed by atoms with Crippen LogP contribution in [0.2, 0.25) is 0 Å². The minimum absolute atomic E-state index is 0.0413. The molecule has 144 valence electrons. The van der Waals surface area contributed by atoms with Gasteiger partial charge < -0.3 is 15.0 Å². The minimum Gasteiger partial charge on any atom is -0.494 e. The van der Waals surface area contributed by atoms with Crippen LogP contribution in [0.4, 0.5) is 4.39 Å². The van der Waals surface area contributed by atoms with E-state index in [-0.39, 0.29) is 24.8 Å². The molecule has 0 heterocycles. The van der Waals surface area contributed by atoms with Crippen molar-refractivity contribution < 1.29 is 18.7 Å². The third kappa shape index (κ3) is 6.09. The van der Waals surface area contributed by atoms with E-state index in [1.54, 1.807) is 25.1 Å². The Morgan fingerprint density at radius 1 is 1.11 bits per heavy atom. The fraction of sp³-hybridized carbons (Fsp3) is 0.333. The Hall–Kier alpha value is -2.89. The molecule has 5 nitrogen and oxygen atoms in total. The number of para-hydroxylation sites is 1. The third-order valence-corrected chi connectivity index (χ3v) is 4.26. The van der Waals surface area contributed by atoms with Gasteiger partial charge in [-0.05, 0) is 31.5 Å². The molecule has 0 radical (unpaired) electrons. The molecule has 0 aliphatic rings. The molecule has 0 aliphatic heterocycles. The van der Waals surface area contributed by atoms with Crippen molar-refractivity contribution in [2.24, 2.45) is 0 Å². The zero-order valence-electron chi connectivity index (χ0n) is 15.7. The molecule has 27 heavy (non-hydrogen) atoms. The van der Waals surface area contributed by atoms with E-state index in [0.717, 1.165) is 5.75 Å². The normalized spacial score (nSPS) is 11.5. The van der Waals surface area contributed by atoms with Crippen LogP contribution in [-0.4, -0.2) is 36.4 Å². The topological polar surface area (TPSA) is 58.6 Å². The molecule has 2 amide bonds. The van der Waals surface area contributed by atoms with Gasteiger partial charge in [-0.25, -0.2) is 4.39 Å². The van der Waals surface area contributed by atoms with Gasteiger partial charge in [0.15, 0.2) is 0 Å². The van der Waals surface area contributed by atoms with Crippen molar-refractivity contribution in [3.8, 4) is 5.75 Å². The number of amides is 2. The summed E-state index contributed by atoms with van der Waals surface area (Å²) < 4.78 is 19.6. The molecule has 2 rings (SSSR count). The molecular formula is C21H25FN2O3. The summed E-state index contributed by atoms with van der Waals surface area (Å²) in [7, 11) is 1.51. The van der Waals surface area contributed by atoms with Crippen LogP contribution in [0.5, 0.6) is 5.75 Å². The molecule has 6 heteroatoms. The molecular weight excluding hydrogens is 347 g/mol. The molecule has 0 aliphatic carbocycles. The standard InChI is InChI=1S/C21H25FN2O3/c1-16(21(26)23-2)24(15-17-9-6-7-12-19(17)22)20(25)13-8-14-27-18-10-4-3-5-11-18/h3-7,9-12,16H,8,13-15H2,1-2H3,(H,23,26). The first-order valence-corrected chi connectivity index (χ1v) is 8.95. The molecule has 1 N–H and O–H groups in total. The summed E-state index contributed by atoms with van der Waals surface area (Å²) >= 11 is 0. The summed E-state index contributed by atoms with van der Waals surface area (Å²) in [6.45, 7) is 2.06. The maximum atomic E-state index is 14.0. The second-order valence-corrected chi connectivity index (χ2v) is 6.17. The summed E-state index contributed by atoms with van der Waals surface area (Å²) in [5, 5.41) is 2.54. The molecule has 0 saturated heterocycles. The molecule has 2 aromatic rings. The Morgan fingerprint density at radius 2 is 1.78 bits per heavy atom. The van der Waals surface area contributed by atoms with Crippen LogP contribution in [0.1, 0.15) is 25.3 Å². The summed E-state index contributed by atoms with van der Waals surface area (Å²) in [6, 6.07) is 14.9. The summed E-state index contributed by atoms with van der Waals surface area (Å²) in [5.74, 6) is -0.162. The lowest BCUT2D eigenvalue weighted by molar-refractivity contribution is -0.140. The predicted molar refractivity (Wildman–Crippen MR) is 102 cm³/mol. The van der Waals surface area contributed by atoms with Crippen LogP contribution in [0.15, 0.2) is 54.6 Å². The number of carbonyl (C=O) groups is 2. The first-order chi connectivity index (χ1) is 13.0. The van der Waals surface area contributed by atoms with Crippen LogP contribution < -0.4 is 10.1 Å². The highest BCUT2D eigenvalue weighted by atomic mass is 19.1. The van der Waals surface area contributed by atoms with Crippen molar-refractivity contribution in [1.82, 2.24) is 10.2 Å². The number of nitrogens with zero attached hydrogens (tertiary/aromatic N) is 1. The maximum absolute atomic E-state index is 14.0. The lowest BCUT2D eigenvalue weighted by Crippen LogP contribution is -2.46. The number of halogens is 1. The summed E-state index contributed by atoms with van der Waals surface area (Å²) in [4.78, 5) is 26.1. The van der Waals surface area contributed by atoms with Crippen LogP contribution in [0, 0.1) is 5.82 Å². The van der Waals surface area contributed by atoms with Gasteiger partial charge >= 0.3 is 0 Å². The predicted octanol–water partition coefficient (Wildman–Crippen LogP) is 3.15. The van der Waals surface area contributed by atoms with Gasteiger partial charge in [0.25, 0.3) is 0 Å². The van der Waals surface area contributed by atoms with Crippen molar-refractivity contribution in [2.75, 3.05) is 13.7 Å². The second kappa shape index (κ2) is 10.3. The number of nitrogens with one attached hydrogen (secondary N) is 1. The zero-order chi connectivity index (χ0) is 19.6. The Kier molecular flexibility index (Phi) is 7.79. The van der Waals surface area contributed by atoms with Crippen LogP contribution in [-0.2, 0) is 16.1 Å². The van der Waals surface area contributed by atoms with Gasteiger partial charge in [-0.2, -0.15) is 0 Å². The monoisotopic (exact) mass is 372 g/mol. The Bertz CT molecular complexity index is 752. The van der Waals surface area contributed by atoms with E-state index in [1.807, 2.05) is 30.3 Å². The smallest absolute Gasteiger partial charge is 0.242 e. The number of carbonyl (C=O) groups excluding carboxylic acids is 2. The van der Waals surface area contributed by atoms with Crippen molar-refractivity contribution in [1.29, 1.82) is 0 Å². The lowest BCUT2D eigenvalue weighted by atomic mass is 10.1. The Balaban J connectivity index is 1.98. The van der Waals surface area contributed by atoms with E-state index < -0.39 is 11.9 Å². The average Bonchev–Trinajstić information content (AvgIpc) is 2.70. The highest BCUT2D eigenvalue weighted by molar-refractivity contribution is 5.87. The van der Waals surface area contributed by atoms with E-state index in [1.165, 1.54) is 18.0 Å². The fourth-order valence-corrected chi connectivity index (χ4v) is 2.68. The van der Waals surface area contributed by atoms with Gasteiger partial charge in [0.2, 0.25) is 11.8 Å². The third-order valence-electron chi connectivity index (χ3n) is 4.26. The number of ether oxygens (including phenoxy) is 1. The number of hydrogen-bond acceptors (Lipinski definition) is 3. The highest BCUT2D eigenvalue weighted by Gasteiger charge is 2.25. The van der Waals surface area contributed by atoms with Crippen molar-refractivity contribution in [3.05, 3.63) is 66.0 Å². The Morgan fingerprint density at radius 3 is 2.44 bits per heavy atom. The molecule has 2 aromatic carbocycles. The van der Waals surface area contributed by atoms with Crippen molar-refractivity contribution in [2.45, 2.75) is 32.4 Å². The first kappa shape index (κ1) is 20.4. The lowest BCUT2D eigenvalue weighted by Gasteiger charge is -2.28. The van der Waals surface area contributed by atoms with E-state index in [2.05, 4.69) is 5.32 Å². The SMILES string of the molecule is CNC(=O)C(C)N(Cc1ccccc1F)C(=O)CCCOc1ccccc1. The Labute approximate surface area is 159 Å².